The summed E-state index contributed by atoms with van der Waals surface area (Å²) in [6.45, 7) is 16.4. The Hall–Kier alpha value is -3.81. The van der Waals surface area contributed by atoms with Crippen LogP contribution in [0.5, 0.6) is 17.2 Å². The van der Waals surface area contributed by atoms with E-state index in [2.05, 4.69) is 0 Å². The first-order valence-electron chi connectivity index (χ1n) is 13.3. The van der Waals surface area contributed by atoms with Crippen molar-refractivity contribution in [2.75, 3.05) is 20.2 Å². The lowest BCUT2D eigenvalue weighted by Crippen LogP contribution is -2.24. The predicted octanol–water partition coefficient (Wildman–Crippen LogP) is 6.84. The summed E-state index contributed by atoms with van der Waals surface area (Å²) in [5.41, 5.74) is 1.46. The number of aryl methyl sites for hydroxylation is 2. The van der Waals surface area contributed by atoms with Gasteiger partial charge in [0.25, 0.3) is 0 Å². The van der Waals surface area contributed by atoms with Crippen molar-refractivity contribution in [2.45, 2.75) is 68.7 Å². The number of carbonyl (C=O) groups excluding carboxylic acids is 3. The van der Waals surface area contributed by atoms with Crippen LogP contribution in [0.15, 0.2) is 36.4 Å². The number of allylic oxidation sites excluding steroid dienone is 1. The van der Waals surface area contributed by atoms with Crippen molar-refractivity contribution in [3.8, 4) is 17.2 Å². The Labute approximate surface area is 237 Å². The number of carbonyl (C=O) groups is 3. The fraction of sp³-hybridized carbons (Fsp3) is 0.469. The zero-order valence-corrected chi connectivity index (χ0v) is 25.1. The second-order valence-corrected chi connectivity index (χ2v) is 11.5. The molecule has 0 saturated carbocycles. The third-order valence-corrected chi connectivity index (χ3v) is 5.66. The van der Waals surface area contributed by atoms with E-state index in [-0.39, 0.29) is 31.3 Å². The van der Waals surface area contributed by atoms with Gasteiger partial charge in [0.15, 0.2) is 5.78 Å². The molecule has 0 radical (unpaired) electrons. The third-order valence-electron chi connectivity index (χ3n) is 5.66. The minimum Gasteiger partial charge on any atom is -0.493 e. The van der Waals surface area contributed by atoms with Crippen LogP contribution in [0.25, 0.3) is 6.08 Å². The molecule has 0 atom stereocenters. The first-order valence-corrected chi connectivity index (χ1v) is 13.3. The number of benzene rings is 2. The van der Waals surface area contributed by atoms with Crippen molar-refractivity contribution < 1.29 is 38.1 Å². The van der Waals surface area contributed by atoms with Gasteiger partial charge in [0.2, 0.25) is 13.6 Å². The van der Waals surface area contributed by atoms with E-state index < -0.39 is 10.8 Å². The Kier molecular flexibility index (Phi) is 11.3. The highest BCUT2D eigenvalue weighted by Gasteiger charge is 2.24. The molecule has 40 heavy (non-hydrogen) atoms. The van der Waals surface area contributed by atoms with Crippen LogP contribution in [0.1, 0.15) is 81.9 Å². The molecule has 0 heterocycles. The molecule has 0 aliphatic carbocycles. The zero-order valence-electron chi connectivity index (χ0n) is 25.1. The Balaban J connectivity index is 2.23. The van der Waals surface area contributed by atoms with Crippen molar-refractivity contribution in [1.29, 1.82) is 0 Å². The van der Waals surface area contributed by atoms with Gasteiger partial charge in [0.05, 0.1) is 23.0 Å². The monoisotopic (exact) mass is 554 g/mol. The van der Waals surface area contributed by atoms with Crippen molar-refractivity contribution >= 4 is 23.8 Å². The maximum absolute atomic E-state index is 13.0. The minimum absolute atomic E-state index is 0.218. The number of esters is 2. The minimum atomic E-state index is -0.659. The van der Waals surface area contributed by atoms with Gasteiger partial charge in [0.1, 0.15) is 17.2 Å². The molecular formula is C32H42O8. The van der Waals surface area contributed by atoms with Crippen LogP contribution in [0, 0.1) is 24.7 Å². The molecule has 0 amide bonds. The Morgan fingerprint density at radius 3 is 1.75 bits per heavy atom. The molecule has 218 valence electrons. The molecule has 0 unspecified atom stereocenters. The van der Waals surface area contributed by atoms with Crippen LogP contribution >= 0.6 is 0 Å². The van der Waals surface area contributed by atoms with E-state index in [0.717, 1.165) is 17.5 Å². The number of hydrogen-bond acceptors (Lipinski definition) is 8. The molecule has 2 aromatic carbocycles. The van der Waals surface area contributed by atoms with Crippen molar-refractivity contribution in [3.05, 3.63) is 58.7 Å². The molecule has 0 aliphatic rings. The SMILES string of the molecule is CCCOc1c(C)cc(C)c(OCOC(=O)C(C)(C)C)c1/C=C/C(=O)c1ccc(OCOC(=O)C(C)(C)C)cc1. The second-order valence-electron chi connectivity index (χ2n) is 11.5. The van der Waals surface area contributed by atoms with E-state index in [1.165, 1.54) is 6.08 Å². The molecule has 2 aromatic rings. The number of ketones is 1. The maximum atomic E-state index is 13.0. The highest BCUT2D eigenvalue weighted by molar-refractivity contribution is 6.07. The van der Waals surface area contributed by atoms with E-state index in [0.29, 0.717) is 35.0 Å². The van der Waals surface area contributed by atoms with Gasteiger partial charge in [-0.2, -0.15) is 0 Å². The first kappa shape index (κ1) is 32.4. The number of rotatable bonds is 12. The highest BCUT2D eigenvalue weighted by atomic mass is 16.7. The maximum Gasteiger partial charge on any atom is 0.314 e. The summed E-state index contributed by atoms with van der Waals surface area (Å²) in [5, 5.41) is 0. The Bertz CT molecular complexity index is 1210. The van der Waals surface area contributed by atoms with E-state index in [1.807, 2.05) is 26.8 Å². The Morgan fingerprint density at radius 2 is 1.25 bits per heavy atom. The fourth-order valence-corrected chi connectivity index (χ4v) is 3.42. The normalized spacial score (nSPS) is 11.7. The van der Waals surface area contributed by atoms with Crippen LogP contribution in [0.4, 0.5) is 0 Å². The van der Waals surface area contributed by atoms with Crippen LogP contribution < -0.4 is 14.2 Å². The van der Waals surface area contributed by atoms with Crippen LogP contribution in [-0.2, 0) is 19.1 Å². The molecule has 0 spiro atoms. The molecule has 8 heteroatoms. The van der Waals surface area contributed by atoms with Gasteiger partial charge < -0.3 is 23.7 Å². The van der Waals surface area contributed by atoms with Gasteiger partial charge in [-0.05, 0) is 115 Å². The quantitative estimate of drug-likeness (QED) is 0.122. The molecule has 0 fully saturated rings. The van der Waals surface area contributed by atoms with E-state index in [4.69, 9.17) is 23.7 Å². The standard InChI is InChI=1S/C32H42O8/c1-10-17-36-27-21(2)18-22(3)28(38-20-40-30(35)32(7,8)9)25(27)15-16-26(33)23-11-13-24(14-12-23)37-19-39-29(34)31(4,5)6/h11-16,18H,10,17,19-20H2,1-9H3/b16-15+. The summed E-state index contributed by atoms with van der Waals surface area (Å²) in [6.07, 6.45) is 3.91. The van der Waals surface area contributed by atoms with Gasteiger partial charge in [0, 0.05) is 5.56 Å². The van der Waals surface area contributed by atoms with E-state index >= 15 is 0 Å². The summed E-state index contributed by atoms with van der Waals surface area (Å²) in [4.78, 5) is 37.1. The summed E-state index contributed by atoms with van der Waals surface area (Å²) in [5.74, 6) is 0.544. The Morgan fingerprint density at radius 1 is 0.750 bits per heavy atom. The highest BCUT2D eigenvalue weighted by Crippen LogP contribution is 2.37. The molecule has 0 N–H and O–H groups in total. The summed E-state index contributed by atoms with van der Waals surface area (Å²) >= 11 is 0. The van der Waals surface area contributed by atoms with Crippen molar-refractivity contribution in [3.63, 3.8) is 0 Å². The molecule has 2 rings (SSSR count). The molecule has 0 saturated heterocycles. The molecule has 0 aliphatic heterocycles. The van der Waals surface area contributed by atoms with Crippen molar-refractivity contribution in [2.24, 2.45) is 10.8 Å². The number of ether oxygens (including phenoxy) is 5. The fourth-order valence-electron chi connectivity index (χ4n) is 3.42. The van der Waals surface area contributed by atoms with Gasteiger partial charge in [-0.1, -0.05) is 6.92 Å². The predicted molar refractivity (Wildman–Crippen MR) is 154 cm³/mol. The zero-order chi connectivity index (χ0) is 30.1. The smallest absolute Gasteiger partial charge is 0.314 e. The molecule has 8 nitrogen and oxygen atoms in total. The first-order chi connectivity index (χ1) is 18.6. The van der Waals surface area contributed by atoms with Gasteiger partial charge in [-0.15, -0.1) is 0 Å². The van der Waals surface area contributed by atoms with Gasteiger partial charge in [-0.25, -0.2) is 0 Å². The lowest BCUT2D eigenvalue weighted by atomic mass is 9.97. The van der Waals surface area contributed by atoms with Crippen LogP contribution in [0.3, 0.4) is 0 Å². The van der Waals surface area contributed by atoms with Crippen molar-refractivity contribution in [1.82, 2.24) is 0 Å². The lowest BCUT2D eigenvalue weighted by molar-refractivity contribution is -0.160. The van der Waals surface area contributed by atoms with Gasteiger partial charge in [-0.3, -0.25) is 14.4 Å². The lowest BCUT2D eigenvalue weighted by Gasteiger charge is -2.20. The molecular weight excluding hydrogens is 512 g/mol. The van der Waals surface area contributed by atoms with Gasteiger partial charge >= 0.3 is 11.9 Å². The van der Waals surface area contributed by atoms with E-state index in [9.17, 15) is 14.4 Å². The second kappa shape index (κ2) is 14.0. The molecule has 0 aromatic heterocycles. The summed E-state index contributed by atoms with van der Waals surface area (Å²) in [7, 11) is 0. The summed E-state index contributed by atoms with van der Waals surface area (Å²) in [6, 6.07) is 8.47. The van der Waals surface area contributed by atoms with E-state index in [1.54, 1.807) is 71.9 Å². The number of hydrogen-bond donors (Lipinski definition) is 0. The summed E-state index contributed by atoms with van der Waals surface area (Å²) < 4.78 is 27.8. The topological polar surface area (TPSA) is 97.4 Å². The third kappa shape index (κ3) is 9.43. The van der Waals surface area contributed by atoms with Crippen LogP contribution in [0.2, 0.25) is 0 Å². The largest absolute Gasteiger partial charge is 0.493 e. The molecule has 0 bridgehead atoms. The average molecular weight is 555 g/mol. The van der Waals surface area contributed by atoms with Crippen LogP contribution in [-0.4, -0.2) is 37.9 Å². The average Bonchev–Trinajstić information content (AvgIpc) is 2.87.